The first kappa shape index (κ1) is 16.6. The minimum atomic E-state index is -0.0626. The lowest BCUT2D eigenvalue weighted by atomic mass is 9.82. The molecule has 0 radical (unpaired) electrons. The van der Waals surface area contributed by atoms with E-state index >= 15 is 0 Å². The highest BCUT2D eigenvalue weighted by atomic mass is 32.1. The molecule has 0 saturated carbocycles. The van der Waals surface area contributed by atoms with Gasteiger partial charge in [-0.2, -0.15) is 5.10 Å². The second-order valence-corrected chi connectivity index (χ2v) is 7.50. The van der Waals surface area contributed by atoms with Crippen molar-refractivity contribution in [2.75, 3.05) is 33.3 Å². The quantitative estimate of drug-likeness (QED) is 0.521. The van der Waals surface area contributed by atoms with Crippen LogP contribution < -0.4 is 5.84 Å². The fraction of sp³-hybridized carbons (Fsp3) is 0.647. The summed E-state index contributed by atoms with van der Waals surface area (Å²) in [5.74, 6) is 5.44. The number of aryl methyl sites for hydroxylation is 1. The van der Waals surface area contributed by atoms with Gasteiger partial charge in [0.1, 0.15) is 0 Å². The second kappa shape index (κ2) is 7.11. The molecule has 0 aliphatic carbocycles. The molecule has 1 aromatic rings. The van der Waals surface area contributed by atoms with Crippen LogP contribution in [-0.2, 0) is 23.2 Å². The number of hydrogen-bond acceptors (Lipinski definition) is 6. The van der Waals surface area contributed by atoms with E-state index in [1.54, 1.807) is 18.1 Å². The highest BCUT2D eigenvalue weighted by Gasteiger charge is 2.41. The number of piperidine rings is 1. The number of ether oxygens (including phenoxy) is 1. The first-order chi connectivity index (χ1) is 11.2. The van der Waals surface area contributed by atoms with Crippen molar-refractivity contribution < 1.29 is 4.74 Å². The molecule has 1 spiro atoms. The minimum Gasteiger partial charge on any atom is -0.370 e. The van der Waals surface area contributed by atoms with Crippen LogP contribution >= 0.6 is 11.3 Å². The lowest BCUT2D eigenvalue weighted by Crippen LogP contribution is -2.47. The number of rotatable bonds is 4. The van der Waals surface area contributed by atoms with Gasteiger partial charge in [0, 0.05) is 49.1 Å². The standard InChI is InChI=1S/C17H26N4OS/c1-3-14-10-15-16(23-14)4-9-22-17(15)5-7-21(8-6-17)12-13(20-18)11-19-2/h10-11H,3-9,12,18H2,1-2H3. The van der Waals surface area contributed by atoms with Crippen LogP contribution in [0.15, 0.2) is 16.2 Å². The Bertz CT molecular complexity index is 600. The van der Waals surface area contributed by atoms with Crippen LogP contribution in [0.5, 0.6) is 0 Å². The van der Waals surface area contributed by atoms with Crippen LogP contribution in [-0.4, -0.2) is 50.1 Å². The van der Waals surface area contributed by atoms with Crippen LogP contribution in [0.3, 0.4) is 0 Å². The zero-order chi connectivity index (χ0) is 16.3. The fourth-order valence-corrected chi connectivity index (χ4v) is 4.80. The Kier molecular flexibility index (Phi) is 5.14. The molecule has 1 fully saturated rings. The largest absolute Gasteiger partial charge is 0.370 e. The molecule has 0 bridgehead atoms. The molecular formula is C17H26N4OS. The summed E-state index contributed by atoms with van der Waals surface area (Å²) in [4.78, 5) is 9.43. The normalized spacial score (nSPS) is 21.9. The van der Waals surface area contributed by atoms with Crippen molar-refractivity contribution in [2.45, 2.75) is 38.2 Å². The van der Waals surface area contributed by atoms with Crippen molar-refractivity contribution in [1.82, 2.24) is 4.90 Å². The van der Waals surface area contributed by atoms with Gasteiger partial charge < -0.3 is 10.6 Å². The number of aliphatic imine (C=N–C) groups is 1. The van der Waals surface area contributed by atoms with Crippen molar-refractivity contribution in [3.05, 3.63) is 21.4 Å². The predicted octanol–water partition coefficient (Wildman–Crippen LogP) is 2.19. The van der Waals surface area contributed by atoms with E-state index in [0.717, 1.165) is 57.6 Å². The third kappa shape index (κ3) is 3.34. The van der Waals surface area contributed by atoms with Crippen LogP contribution in [0.1, 0.15) is 35.1 Å². The molecule has 6 heteroatoms. The Hall–Kier alpha value is -1.24. The van der Waals surface area contributed by atoms with Gasteiger partial charge in [-0.25, -0.2) is 0 Å². The van der Waals surface area contributed by atoms with E-state index in [1.165, 1.54) is 10.4 Å². The molecule has 3 heterocycles. The van der Waals surface area contributed by atoms with Gasteiger partial charge >= 0.3 is 0 Å². The Morgan fingerprint density at radius 3 is 2.91 bits per heavy atom. The number of likely N-dealkylation sites (tertiary alicyclic amines) is 1. The lowest BCUT2D eigenvalue weighted by molar-refractivity contribution is -0.0953. The Morgan fingerprint density at radius 1 is 1.48 bits per heavy atom. The van der Waals surface area contributed by atoms with Gasteiger partial charge in [0.2, 0.25) is 0 Å². The average Bonchev–Trinajstić information content (AvgIpc) is 3.01. The molecule has 5 nitrogen and oxygen atoms in total. The van der Waals surface area contributed by atoms with Crippen molar-refractivity contribution in [3.63, 3.8) is 0 Å². The third-order valence-corrected chi connectivity index (χ3v) is 6.24. The Morgan fingerprint density at radius 2 is 2.26 bits per heavy atom. The summed E-state index contributed by atoms with van der Waals surface area (Å²) in [6, 6.07) is 2.39. The van der Waals surface area contributed by atoms with Gasteiger partial charge in [-0.1, -0.05) is 6.92 Å². The molecule has 2 aliphatic heterocycles. The zero-order valence-electron chi connectivity index (χ0n) is 14.0. The van der Waals surface area contributed by atoms with Gasteiger partial charge in [0.25, 0.3) is 0 Å². The SMILES string of the molecule is CCc1cc2c(s1)CCOC21CCN(CC(C=NC)=NN)CC1. The van der Waals surface area contributed by atoms with Crippen molar-refractivity contribution in [3.8, 4) is 0 Å². The molecule has 23 heavy (non-hydrogen) atoms. The van der Waals surface area contributed by atoms with E-state index < -0.39 is 0 Å². The summed E-state index contributed by atoms with van der Waals surface area (Å²) in [7, 11) is 1.75. The smallest absolute Gasteiger partial charge is 0.0966 e. The molecule has 0 aromatic carbocycles. The molecule has 1 aromatic heterocycles. The molecule has 126 valence electrons. The second-order valence-electron chi connectivity index (χ2n) is 6.28. The molecule has 0 unspecified atom stereocenters. The van der Waals surface area contributed by atoms with Crippen molar-refractivity contribution >= 4 is 23.3 Å². The Labute approximate surface area is 142 Å². The summed E-state index contributed by atoms with van der Waals surface area (Å²) in [6.45, 7) is 5.87. The van der Waals surface area contributed by atoms with Crippen molar-refractivity contribution in [2.24, 2.45) is 15.9 Å². The van der Waals surface area contributed by atoms with Crippen molar-refractivity contribution in [1.29, 1.82) is 0 Å². The number of thiophene rings is 1. The predicted molar refractivity (Wildman–Crippen MR) is 96.7 cm³/mol. The summed E-state index contributed by atoms with van der Waals surface area (Å²) < 4.78 is 6.32. The van der Waals surface area contributed by atoms with Crippen LogP contribution in [0.4, 0.5) is 0 Å². The van der Waals surface area contributed by atoms with E-state index in [0.29, 0.717) is 0 Å². The van der Waals surface area contributed by atoms with Gasteiger partial charge in [-0.3, -0.25) is 9.89 Å². The van der Waals surface area contributed by atoms with Gasteiger partial charge in [0.05, 0.1) is 17.9 Å². The van der Waals surface area contributed by atoms with E-state index in [4.69, 9.17) is 10.6 Å². The lowest BCUT2D eigenvalue weighted by Gasteiger charge is -2.44. The van der Waals surface area contributed by atoms with Crippen LogP contribution in [0.25, 0.3) is 0 Å². The first-order valence-corrected chi connectivity index (χ1v) is 9.19. The Balaban J connectivity index is 1.70. The third-order valence-electron chi connectivity index (χ3n) is 4.90. The number of hydrogen-bond donors (Lipinski definition) is 1. The summed E-state index contributed by atoms with van der Waals surface area (Å²) >= 11 is 1.98. The molecule has 2 N–H and O–H groups in total. The minimum absolute atomic E-state index is 0.0626. The maximum absolute atomic E-state index is 6.32. The average molecular weight is 334 g/mol. The molecule has 3 rings (SSSR count). The summed E-state index contributed by atoms with van der Waals surface area (Å²) in [6.07, 6.45) is 6.02. The molecule has 0 amide bonds. The topological polar surface area (TPSA) is 63.2 Å². The van der Waals surface area contributed by atoms with Gasteiger partial charge in [-0.15, -0.1) is 11.3 Å². The van der Waals surface area contributed by atoms with E-state index in [-0.39, 0.29) is 5.60 Å². The van der Waals surface area contributed by atoms with Crippen LogP contribution in [0.2, 0.25) is 0 Å². The highest BCUT2D eigenvalue weighted by Crippen LogP contribution is 2.44. The monoisotopic (exact) mass is 334 g/mol. The first-order valence-electron chi connectivity index (χ1n) is 8.38. The number of hydrazone groups is 1. The molecule has 0 atom stereocenters. The van der Waals surface area contributed by atoms with Gasteiger partial charge in [-0.05, 0) is 30.9 Å². The van der Waals surface area contributed by atoms with Gasteiger partial charge in [0.15, 0.2) is 0 Å². The maximum Gasteiger partial charge on any atom is 0.0966 e. The number of nitrogens with two attached hydrogens (primary N) is 1. The highest BCUT2D eigenvalue weighted by molar-refractivity contribution is 7.12. The van der Waals surface area contributed by atoms with E-state index in [2.05, 4.69) is 28.0 Å². The summed E-state index contributed by atoms with van der Waals surface area (Å²) in [5.41, 5.74) is 2.23. The zero-order valence-corrected chi connectivity index (χ0v) is 14.9. The molecular weight excluding hydrogens is 308 g/mol. The number of nitrogens with zero attached hydrogens (tertiary/aromatic N) is 3. The molecule has 1 saturated heterocycles. The van der Waals surface area contributed by atoms with Crippen LogP contribution in [0, 0.1) is 0 Å². The fourth-order valence-electron chi connectivity index (χ4n) is 3.63. The molecule has 2 aliphatic rings. The maximum atomic E-state index is 6.32. The van der Waals surface area contributed by atoms with E-state index in [1.807, 2.05) is 11.3 Å². The number of fused-ring (bicyclic) bond motifs is 2. The summed E-state index contributed by atoms with van der Waals surface area (Å²) in [5, 5.41) is 3.82. The van der Waals surface area contributed by atoms with E-state index in [9.17, 15) is 0 Å².